The Kier molecular flexibility index (Phi) is 4.24. The van der Waals surface area contributed by atoms with E-state index in [9.17, 15) is 9.59 Å². The SMILES string of the molecule is CC(C)(C)OC(=O)NCc1cnnn1CC(=O)O. The molecule has 2 N–H and O–H groups in total. The minimum Gasteiger partial charge on any atom is -0.480 e. The molecule has 1 aromatic heterocycles. The number of alkyl carbamates (subject to hydrolysis) is 1. The maximum absolute atomic E-state index is 11.4. The third-order valence-electron chi connectivity index (χ3n) is 1.80. The van der Waals surface area contributed by atoms with Crippen LogP contribution in [0.2, 0.25) is 0 Å². The number of rotatable bonds is 4. The third kappa shape index (κ3) is 4.81. The summed E-state index contributed by atoms with van der Waals surface area (Å²) in [5.41, 5.74) is -0.0906. The lowest BCUT2D eigenvalue weighted by atomic mass is 10.2. The van der Waals surface area contributed by atoms with Crippen LogP contribution in [0, 0.1) is 0 Å². The molecule has 0 spiro atoms. The molecule has 0 bridgehead atoms. The maximum Gasteiger partial charge on any atom is 0.407 e. The second-order valence-electron chi connectivity index (χ2n) is 4.63. The zero-order chi connectivity index (χ0) is 13.8. The van der Waals surface area contributed by atoms with Gasteiger partial charge in [-0.05, 0) is 20.8 Å². The standard InChI is InChI=1S/C10H16N4O4/c1-10(2,3)18-9(17)11-4-7-5-12-13-14(7)6-8(15)16/h5H,4,6H2,1-3H3,(H,11,17)(H,15,16). The highest BCUT2D eigenvalue weighted by molar-refractivity contribution is 5.68. The zero-order valence-corrected chi connectivity index (χ0v) is 10.5. The summed E-state index contributed by atoms with van der Waals surface area (Å²) in [4.78, 5) is 21.9. The Hall–Kier alpha value is -2.12. The average molecular weight is 256 g/mol. The lowest BCUT2D eigenvalue weighted by Gasteiger charge is -2.19. The highest BCUT2D eigenvalue weighted by atomic mass is 16.6. The molecule has 18 heavy (non-hydrogen) atoms. The number of carboxylic acids is 1. The quantitative estimate of drug-likeness (QED) is 0.807. The number of hydrogen-bond acceptors (Lipinski definition) is 5. The maximum atomic E-state index is 11.4. The molecule has 0 aliphatic carbocycles. The highest BCUT2D eigenvalue weighted by Crippen LogP contribution is 2.06. The van der Waals surface area contributed by atoms with Crippen molar-refractivity contribution in [2.45, 2.75) is 39.5 Å². The third-order valence-corrected chi connectivity index (χ3v) is 1.80. The van der Waals surface area contributed by atoms with E-state index in [4.69, 9.17) is 9.84 Å². The number of carbonyl (C=O) groups excluding carboxylic acids is 1. The molecule has 8 nitrogen and oxygen atoms in total. The molecule has 0 saturated heterocycles. The molecule has 1 rings (SSSR count). The lowest BCUT2D eigenvalue weighted by molar-refractivity contribution is -0.138. The first-order valence-corrected chi connectivity index (χ1v) is 5.34. The van der Waals surface area contributed by atoms with E-state index < -0.39 is 17.7 Å². The largest absolute Gasteiger partial charge is 0.480 e. The fraction of sp³-hybridized carbons (Fsp3) is 0.600. The van der Waals surface area contributed by atoms with E-state index in [1.165, 1.54) is 10.9 Å². The summed E-state index contributed by atoms with van der Waals surface area (Å²) in [5.74, 6) is -1.03. The summed E-state index contributed by atoms with van der Waals surface area (Å²) in [7, 11) is 0. The molecule has 0 radical (unpaired) electrons. The molecule has 8 heteroatoms. The summed E-state index contributed by atoms with van der Waals surface area (Å²) in [6.07, 6.45) is 0.811. The molecule has 0 aliphatic heterocycles. The molecule has 1 heterocycles. The Morgan fingerprint density at radius 1 is 1.50 bits per heavy atom. The van der Waals surface area contributed by atoms with Crippen molar-refractivity contribution in [1.82, 2.24) is 20.3 Å². The molecule has 0 atom stereocenters. The predicted octanol–water partition coefficient (Wildman–Crippen LogP) is 0.387. The number of hydrogen-bond donors (Lipinski definition) is 2. The monoisotopic (exact) mass is 256 g/mol. The van der Waals surface area contributed by atoms with Crippen LogP contribution in [0.4, 0.5) is 4.79 Å². The van der Waals surface area contributed by atoms with Gasteiger partial charge in [0.2, 0.25) is 0 Å². The first kappa shape index (κ1) is 13.9. The summed E-state index contributed by atoms with van der Waals surface area (Å²) in [6.45, 7) is 5.06. The van der Waals surface area contributed by atoms with Gasteiger partial charge in [-0.3, -0.25) is 4.79 Å². The van der Waals surface area contributed by atoms with Crippen LogP contribution in [0.1, 0.15) is 26.5 Å². The molecule has 1 aromatic rings. The van der Waals surface area contributed by atoms with E-state index in [1.807, 2.05) is 0 Å². The zero-order valence-electron chi connectivity index (χ0n) is 10.5. The molecule has 0 unspecified atom stereocenters. The van der Waals surface area contributed by atoms with Crippen molar-refractivity contribution in [3.05, 3.63) is 11.9 Å². The number of nitrogens with one attached hydrogen (secondary N) is 1. The summed E-state index contributed by atoms with van der Waals surface area (Å²) >= 11 is 0. The van der Waals surface area contributed by atoms with Crippen molar-refractivity contribution in [3.8, 4) is 0 Å². The van der Waals surface area contributed by atoms with Gasteiger partial charge < -0.3 is 15.2 Å². The van der Waals surface area contributed by atoms with Gasteiger partial charge in [0.05, 0.1) is 18.4 Å². The summed E-state index contributed by atoms with van der Waals surface area (Å²) < 4.78 is 6.23. The fourth-order valence-electron chi connectivity index (χ4n) is 1.15. The number of carbonyl (C=O) groups is 2. The van der Waals surface area contributed by atoms with E-state index in [-0.39, 0.29) is 13.1 Å². The van der Waals surface area contributed by atoms with Gasteiger partial charge >= 0.3 is 12.1 Å². The van der Waals surface area contributed by atoms with Gasteiger partial charge in [0.1, 0.15) is 12.1 Å². The number of nitrogens with zero attached hydrogens (tertiary/aromatic N) is 3. The second kappa shape index (κ2) is 5.48. The van der Waals surface area contributed by atoms with Crippen molar-refractivity contribution < 1.29 is 19.4 Å². The average Bonchev–Trinajstić information content (AvgIpc) is 2.58. The Labute approximate surface area is 104 Å². The van der Waals surface area contributed by atoms with E-state index >= 15 is 0 Å². The second-order valence-corrected chi connectivity index (χ2v) is 4.63. The van der Waals surface area contributed by atoms with Gasteiger partial charge in [-0.1, -0.05) is 5.21 Å². The number of aromatic nitrogens is 3. The highest BCUT2D eigenvalue weighted by Gasteiger charge is 2.16. The van der Waals surface area contributed by atoms with Crippen LogP contribution in [0.3, 0.4) is 0 Å². The summed E-state index contributed by atoms with van der Waals surface area (Å²) in [5, 5.41) is 18.3. The first-order chi connectivity index (χ1) is 8.28. The number of amides is 1. The first-order valence-electron chi connectivity index (χ1n) is 5.34. The van der Waals surface area contributed by atoms with Gasteiger partial charge in [-0.15, -0.1) is 5.10 Å². The smallest absolute Gasteiger partial charge is 0.407 e. The van der Waals surface area contributed by atoms with Crippen LogP contribution in [0.25, 0.3) is 0 Å². The van der Waals surface area contributed by atoms with Gasteiger partial charge in [-0.2, -0.15) is 0 Å². The van der Waals surface area contributed by atoms with Gasteiger partial charge in [0.15, 0.2) is 0 Å². The number of ether oxygens (including phenoxy) is 1. The number of carboxylic acid groups (broad SMARTS) is 1. The summed E-state index contributed by atoms with van der Waals surface area (Å²) in [6, 6.07) is 0. The Bertz CT molecular complexity index is 435. The molecule has 0 saturated carbocycles. The minimum absolute atomic E-state index is 0.106. The molecule has 0 aliphatic rings. The van der Waals surface area contributed by atoms with Crippen molar-refractivity contribution in [2.24, 2.45) is 0 Å². The molecular formula is C10H16N4O4. The van der Waals surface area contributed by atoms with Crippen LogP contribution in [0.15, 0.2) is 6.20 Å². The Morgan fingerprint density at radius 3 is 2.72 bits per heavy atom. The van der Waals surface area contributed by atoms with Crippen molar-refractivity contribution in [2.75, 3.05) is 0 Å². The van der Waals surface area contributed by atoms with E-state index in [2.05, 4.69) is 15.6 Å². The van der Waals surface area contributed by atoms with Crippen molar-refractivity contribution in [3.63, 3.8) is 0 Å². The molecule has 100 valence electrons. The van der Waals surface area contributed by atoms with Crippen molar-refractivity contribution >= 4 is 12.1 Å². The molecule has 0 fully saturated rings. The van der Waals surface area contributed by atoms with Crippen LogP contribution in [-0.4, -0.2) is 37.8 Å². The Morgan fingerprint density at radius 2 is 2.17 bits per heavy atom. The lowest BCUT2D eigenvalue weighted by Crippen LogP contribution is -2.32. The van der Waals surface area contributed by atoms with Gasteiger partial charge in [0.25, 0.3) is 0 Å². The normalized spacial score (nSPS) is 11.1. The molecule has 0 aromatic carbocycles. The Balaban J connectivity index is 2.51. The van der Waals surface area contributed by atoms with Gasteiger partial charge in [0, 0.05) is 0 Å². The number of aliphatic carboxylic acids is 1. The van der Waals surface area contributed by atoms with E-state index in [0.717, 1.165) is 0 Å². The van der Waals surface area contributed by atoms with Crippen molar-refractivity contribution in [1.29, 1.82) is 0 Å². The van der Waals surface area contributed by atoms with Crippen LogP contribution >= 0.6 is 0 Å². The molecular weight excluding hydrogens is 240 g/mol. The van der Waals surface area contributed by atoms with E-state index in [1.54, 1.807) is 20.8 Å². The van der Waals surface area contributed by atoms with Crippen LogP contribution < -0.4 is 5.32 Å². The van der Waals surface area contributed by atoms with Crippen LogP contribution in [-0.2, 0) is 22.6 Å². The fourth-order valence-corrected chi connectivity index (χ4v) is 1.15. The molecule has 1 amide bonds. The topological polar surface area (TPSA) is 106 Å². The minimum atomic E-state index is -1.03. The van der Waals surface area contributed by atoms with Crippen LogP contribution in [0.5, 0.6) is 0 Å². The predicted molar refractivity (Wildman–Crippen MR) is 60.7 cm³/mol. The van der Waals surface area contributed by atoms with E-state index in [0.29, 0.717) is 5.69 Å². The van der Waals surface area contributed by atoms with Gasteiger partial charge in [-0.25, -0.2) is 9.48 Å².